The van der Waals surface area contributed by atoms with E-state index < -0.39 is 15.7 Å². The van der Waals surface area contributed by atoms with Crippen LogP contribution in [0.1, 0.15) is 20.3 Å². The molecule has 1 unspecified atom stereocenters. The van der Waals surface area contributed by atoms with Gasteiger partial charge in [0.25, 0.3) is 0 Å². The molecule has 0 spiro atoms. The molecule has 0 heterocycles. The van der Waals surface area contributed by atoms with Crippen LogP contribution >= 0.6 is 15.9 Å². The molecule has 130 valence electrons. The molecule has 23 heavy (non-hydrogen) atoms. The van der Waals surface area contributed by atoms with Crippen molar-refractivity contribution in [2.24, 2.45) is 0 Å². The second-order valence-electron chi connectivity index (χ2n) is 5.49. The summed E-state index contributed by atoms with van der Waals surface area (Å²) < 4.78 is 37.0. The van der Waals surface area contributed by atoms with Crippen LogP contribution in [0, 0.1) is 5.82 Å². The predicted molar refractivity (Wildman–Crippen MR) is 93.8 cm³/mol. The van der Waals surface area contributed by atoms with Gasteiger partial charge in [0.1, 0.15) is 15.7 Å². The maximum atomic E-state index is 13.7. The van der Waals surface area contributed by atoms with Crippen LogP contribution in [0.15, 0.2) is 22.7 Å². The standard InChI is InChI=1S/C15H22BrFN2O3S/c1-4-19(11(2)10-23(3,21)22)8-7-15(20)18-14-6-5-12(16)9-13(14)17/h5-6,9,11H,4,7-8,10H2,1-3H3,(H,18,20). The highest BCUT2D eigenvalue weighted by atomic mass is 79.9. The van der Waals surface area contributed by atoms with Gasteiger partial charge >= 0.3 is 0 Å². The molecule has 1 aromatic rings. The van der Waals surface area contributed by atoms with Crippen LogP contribution in [0.3, 0.4) is 0 Å². The number of amides is 1. The zero-order chi connectivity index (χ0) is 17.6. The lowest BCUT2D eigenvalue weighted by Gasteiger charge is -2.26. The Morgan fingerprint density at radius 3 is 2.61 bits per heavy atom. The Bertz CT molecular complexity index is 652. The first kappa shape index (κ1) is 20.1. The third-order valence-corrected chi connectivity index (χ3v) is 4.99. The van der Waals surface area contributed by atoms with Gasteiger partial charge in [0, 0.05) is 29.7 Å². The van der Waals surface area contributed by atoms with Gasteiger partial charge in [0.05, 0.1) is 11.4 Å². The van der Waals surface area contributed by atoms with Crippen molar-refractivity contribution in [1.29, 1.82) is 0 Å². The number of nitrogens with one attached hydrogen (secondary N) is 1. The Hall–Kier alpha value is -0.990. The Kier molecular flexibility index (Phi) is 7.63. The Balaban J connectivity index is 2.56. The fourth-order valence-electron chi connectivity index (χ4n) is 2.28. The smallest absolute Gasteiger partial charge is 0.225 e. The Labute approximate surface area is 145 Å². The van der Waals surface area contributed by atoms with E-state index in [1.807, 2.05) is 18.7 Å². The molecule has 1 N–H and O–H groups in total. The Morgan fingerprint density at radius 1 is 1.43 bits per heavy atom. The minimum Gasteiger partial charge on any atom is -0.324 e. The van der Waals surface area contributed by atoms with Crippen molar-refractivity contribution in [2.75, 3.05) is 30.4 Å². The van der Waals surface area contributed by atoms with Crippen molar-refractivity contribution < 1.29 is 17.6 Å². The molecule has 0 aliphatic carbocycles. The van der Waals surface area contributed by atoms with Gasteiger partial charge in [-0.2, -0.15) is 0 Å². The lowest BCUT2D eigenvalue weighted by atomic mass is 10.2. The van der Waals surface area contributed by atoms with E-state index in [9.17, 15) is 17.6 Å². The second-order valence-corrected chi connectivity index (χ2v) is 8.59. The van der Waals surface area contributed by atoms with Gasteiger partial charge < -0.3 is 5.32 Å². The van der Waals surface area contributed by atoms with Crippen LogP contribution in [0.2, 0.25) is 0 Å². The molecule has 8 heteroatoms. The van der Waals surface area contributed by atoms with Crippen LogP contribution in [-0.2, 0) is 14.6 Å². The molecule has 0 bridgehead atoms. The highest BCUT2D eigenvalue weighted by Crippen LogP contribution is 2.19. The summed E-state index contributed by atoms with van der Waals surface area (Å²) in [5.41, 5.74) is 0.130. The summed E-state index contributed by atoms with van der Waals surface area (Å²) in [5.74, 6) is -0.772. The monoisotopic (exact) mass is 408 g/mol. The number of carbonyl (C=O) groups excluding carboxylic acids is 1. The first-order valence-corrected chi connectivity index (χ1v) is 10.1. The van der Waals surface area contributed by atoms with E-state index in [0.717, 1.165) is 0 Å². The van der Waals surface area contributed by atoms with Gasteiger partial charge in [-0.15, -0.1) is 0 Å². The Morgan fingerprint density at radius 2 is 2.09 bits per heavy atom. The fraction of sp³-hybridized carbons (Fsp3) is 0.533. The summed E-state index contributed by atoms with van der Waals surface area (Å²) in [6.45, 7) is 4.77. The van der Waals surface area contributed by atoms with Gasteiger partial charge in [-0.25, -0.2) is 12.8 Å². The summed E-state index contributed by atoms with van der Waals surface area (Å²) in [7, 11) is -3.07. The zero-order valence-corrected chi connectivity index (χ0v) is 15.9. The number of hydrogen-bond acceptors (Lipinski definition) is 4. The van der Waals surface area contributed by atoms with E-state index in [0.29, 0.717) is 17.6 Å². The molecule has 0 aliphatic heterocycles. The normalized spacial score (nSPS) is 13.1. The van der Waals surface area contributed by atoms with Crippen LogP contribution in [-0.4, -0.2) is 50.4 Å². The maximum Gasteiger partial charge on any atom is 0.225 e. The molecule has 0 fully saturated rings. The number of anilines is 1. The summed E-state index contributed by atoms with van der Waals surface area (Å²) >= 11 is 3.15. The van der Waals surface area contributed by atoms with Gasteiger partial charge in [0.2, 0.25) is 5.91 Å². The van der Waals surface area contributed by atoms with Gasteiger partial charge in [-0.05, 0) is 31.7 Å². The quantitative estimate of drug-likeness (QED) is 0.717. The molecular formula is C15H22BrFN2O3S. The third kappa shape index (κ3) is 7.41. The molecule has 1 rings (SSSR count). The van der Waals surface area contributed by atoms with Crippen molar-refractivity contribution in [1.82, 2.24) is 4.90 Å². The number of halogens is 2. The number of hydrogen-bond donors (Lipinski definition) is 1. The molecule has 1 aromatic carbocycles. The number of benzene rings is 1. The molecule has 1 atom stereocenters. The van der Waals surface area contributed by atoms with Crippen molar-refractivity contribution in [3.63, 3.8) is 0 Å². The van der Waals surface area contributed by atoms with Gasteiger partial charge in [-0.1, -0.05) is 22.9 Å². The van der Waals surface area contributed by atoms with Gasteiger partial charge in [0.15, 0.2) is 0 Å². The average molecular weight is 409 g/mol. The summed E-state index contributed by atoms with van der Waals surface area (Å²) in [6.07, 6.45) is 1.36. The van der Waals surface area contributed by atoms with Crippen LogP contribution in [0.4, 0.5) is 10.1 Å². The van der Waals surface area contributed by atoms with E-state index in [4.69, 9.17) is 0 Å². The van der Waals surface area contributed by atoms with Crippen LogP contribution < -0.4 is 5.32 Å². The molecule has 0 saturated heterocycles. The second kappa shape index (κ2) is 8.75. The molecule has 0 aromatic heterocycles. The first-order valence-electron chi connectivity index (χ1n) is 7.29. The summed E-state index contributed by atoms with van der Waals surface area (Å²) in [6, 6.07) is 4.24. The molecule has 5 nitrogen and oxygen atoms in total. The maximum absolute atomic E-state index is 13.7. The van der Waals surface area contributed by atoms with Crippen molar-refractivity contribution >= 4 is 37.4 Å². The van der Waals surface area contributed by atoms with Gasteiger partial charge in [-0.3, -0.25) is 9.69 Å². The lowest BCUT2D eigenvalue weighted by Crippen LogP contribution is -2.39. The van der Waals surface area contributed by atoms with Crippen molar-refractivity contribution in [3.8, 4) is 0 Å². The van der Waals surface area contributed by atoms with Crippen molar-refractivity contribution in [2.45, 2.75) is 26.3 Å². The first-order chi connectivity index (χ1) is 10.6. The van der Waals surface area contributed by atoms with E-state index in [-0.39, 0.29) is 29.8 Å². The zero-order valence-electron chi connectivity index (χ0n) is 13.5. The average Bonchev–Trinajstić information content (AvgIpc) is 2.40. The molecule has 0 radical (unpaired) electrons. The third-order valence-electron chi connectivity index (χ3n) is 3.40. The molecule has 1 amide bonds. The highest BCUT2D eigenvalue weighted by Gasteiger charge is 2.18. The van der Waals surface area contributed by atoms with E-state index in [1.54, 1.807) is 6.07 Å². The number of sulfone groups is 1. The highest BCUT2D eigenvalue weighted by molar-refractivity contribution is 9.10. The molecular weight excluding hydrogens is 387 g/mol. The summed E-state index contributed by atoms with van der Waals surface area (Å²) in [4.78, 5) is 13.9. The predicted octanol–water partition coefficient (Wildman–Crippen LogP) is 2.67. The van der Waals surface area contributed by atoms with E-state index in [1.165, 1.54) is 18.4 Å². The lowest BCUT2D eigenvalue weighted by molar-refractivity contribution is -0.116. The number of nitrogens with zero attached hydrogens (tertiary/aromatic N) is 1. The molecule has 0 aliphatic rings. The molecule has 0 saturated carbocycles. The van der Waals surface area contributed by atoms with Crippen LogP contribution in [0.5, 0.6) is 0 Å². The fourth-order valence-corrected chi connectivity index (χ4v) is 3.70. The van der Waals surface area contributed by atoms with Crippen molar-refractivity contribution in [3.05, 3.63) is 28.5 Å². The number of rotatable bonds is 8. The topological polar surface area (TPSA) is 66.5 Å². The number of carbonyl (C=O) groups is 1. The summed E-state index contributed by atoms with van der Waals surface area (Å²) in [5, 5.41) is 2.52. The largest absolute Gasteiger partial charge is 0.324 e. The van der Waals surface area contributed by atoms with E-state index >= 15 is 0 Å². The van der Waals surface area contributed by atoms with E-state index in [2.05, 4.69) is 21.2 Å². The minimum atomic E-state index is -3.07. The SMILES string of the molecule is CCN(CCC(=O)Nc1ccc(Br)cc1F)C(C)CS(C)(=O)=O. The van der Waals surface area contributed by atoms with Crippen LogP contribution in [0.25, 0.3) is 0 Å². The minimum absolute atomic E-state index is 0.0454.